The van der Waals surface area contributed by atoms with Crippen molar-refractivity contribution in [1.29, 1.82) is 0 Å². The van der Waals surface area contributed by atoms with Gasteiger partial charge in [0.2, 0.25) is 0 Å². The first-order chi connectivity index (χ1) is 9.94. The molecule has 0 saturated carbocycles. The summed E-state index contributed by atoms with van der Waals surface area (Å²) in [5.74, 6) is -0.102. The van der Waals surface area contributed by atoms with Gasteiger partial charge in [-0.05, 0) is 24.6 Å². The maximum atomic E-state index is 12.3. The first-order valence-corrected chi connectivity index (χ1v) is 8.37. The van der Waals surface area contributed by atoms with Crippen LogP contribution in [0.1, 0.15) is 17.0 Å². The van der Waals surface area contributed by atoms with Crippen molar-refractivity contribution in [3.63, 3.8) is 0 Å². The van der Waals surface area contributed by atoms with Crippen molar-refractivity contribution < 1.29 is 8.42 Å². The fourth-order valence-corrected chi connectivity index (χ4v) is 3.74. The summed E-state index contributed by atoms with van der Waals surface area (Å²) in [7, 11) is -1.54. The average molecular weight is 304 g/mol. The van der Waals surface area contributed by atoms with Gasteiger partial charge in [0.05, 0.1) is 22.9 Å². The van der Waals surface area contributed by atoms with E-state index in [0.717, 1.165) is 11.2 Å². The van der Waals surface area contributed by atoms with E-state index in [2.05, 4.69) is 10.1 Å². The number of aryl methyl sites for hydroxylation is 2. The van der Waals surface area contributed by atoms with E-state index in [4.69, 9.17) is 0 Å². The number of hydrogen-bond donors (Lipinski definition) is 0. The van der Waals surface area contributed by atoms with Gasteiger partial charge in [0.25, 0.3) is 0 Å². The third-order valence-electron chi connectivity index (χ3n) is 3.39. The van der Waals surface area contributed by atoms with E-state index in [-0.39, 0.29) is 11.5 Å². The Kier molecular flexibility index (Phi) is 3.29. The summed E-state index contributed by atoms with van der Waals surface area (Å²) in [5.41, 5.74) is 3.05. The van der Waals surface area contributed by atoms with E-state index >= 15 is 0 Å². The summed E-state index contributed by atoms with van der Waals surface area (Å²) in [6.07, 6.45) is 5.23. The van der Waals surface area contributed by atoms with Crippen LogP contribution in [0.3, 0.4) is 0 Å². The first kappa shape index (κ1) is 13.8. The molecule has 110 valence electrons. The quantitative estimate of drug-likeness (QED) is 0.732. The van der Waals surface area contributed by atoms with Gasteiger partial charge in [-0.25, -0.2) is 13.4 Å². The molecule has 0 aliphatic heterocycles. The van der Waals surface area contributed by atoms with E-state index in [1.165, 1.54) is 0 Å². The SMILES string of the molecule is Cc1cccn2cc(CS(=O)(=O)Cc3ccnn3C)nc12. The number of imidazole rings is 1. The maximum absolute atomic E-state index is 12.3. The fourth-order valence-electron chi connectivity index (χ4n) is 2.32. The Labute approximate surface area is 123 Å². The number of fused-ring (bicyclic) bond motifs is 1. The van der Waals surface area contributed by atoms with Gasteiger partial charge in [-0.2, -0.15) is 5.10 Å². The Hall–Kier alpha value is -2.15. The van der Waals surface area contributed by atoms with Gasteiger partial charge in [0.1, 0.15) is 5.65 Å². The van der Waals surface area contributed by atoms with Gasteiger partial charge < -0.3 is 4.40 Å². The van der Waals surface area contributed by atoms with Gasteiger partial charge in [-0.1, -0.05) is 6.07 Å². The Morgan fingerprint density at radius 1 is 1.24 bits per heavy atom. The molecule has 0 unspecified atom stereocenters. The third kappa shape index (κ3) is 2.82. The smallest absolute Gasteiger partial charge is 0.161 e. The summed E-state index contributed by atoms with van der Waals surface area (Å²) in [4.78, 5) is 4.41. The number of pyridine rings is 1. The number of sulfone groups is 1. The number of rotatable bonds is 4. The fraction of sp³-hybridized carbons (Fsp3) is 0.286. The van der Waals surface area contributed by atoms with E-state index in [1.807, 2.05) is 29.7 Å². The Morgan fingerprint density at radius 2 is 2.05 bits per heavy atom. The number of aromatic nitrogens is 4. The monoisotopic (exact) mass is 304 g/mol. The van der Waals surface area contributed by atoms with Crippen LogP contribution in [0.15, 0.2) is 36.8 Å². The van der Waals surface area contributed by atoms with Crippen LogP contribution in [-0.2, 0) is 28.4 Å². The minimum absolute atomic E-state index is 0.0314. The van der Waals surface area contributed by atoms with Crippen molar-refractivity contribution in [2.75, 3.05) is 0 Å². The van der Waals surface area contributed by atoms with E-state index in [9.17, 15) is 8.42 Å². The average Bonchev–Trinajstić information content (AvgIpc) is 2.96. The largest absolute Gasteiger partial charge is 0.307 e. The Morgan fingerprint density at radius 3 is 2.71 bits per heavy atom. The van der Waals surface area contributed by atoms with Crippen LogP contribution in [0, 0.1) is 6.92 Å². The van der Waals surface area contributed by atoms with Crippen molar-refractivity contribution in [3.8, 4) is 0 Å². The van der Waals surface area contributed by atoms with Crippen molar-refractivity contribution in [1.82, 2.24) is 19.2 Å². The second kappa shape index (κ2) is 5.00. The molecule has 0 aliphatic rings. The van der Waals surface area contributed by atoms with Gasteiger partial charge in [0.15, 0.2) is 9.84 Å². The molecule has 6 nitrogen and oxygen atoms in total. The molecule has 0 N–H and O–H groups in total. The summed E-state index contributed by atoms with van der Waals surface area (Å²) in [6, 6.07) is 5.58. The predicted octanol–water partition coefficient (Wildman–Crippen LogP) is 1.49. The molecule has 21 heavy (non-hydrogen) atoms. The maximum Gasteiger partial charge on any atom is 0.161 e. The van der Waals surface area contributed by atoms with Crippen LogP contribution < -0.4 is 0 Å². The molecule has 3 rings (SSSR count). The Balaban J connectivity index is 1.87. The molecule has 3 aromatic rings. The van der Waals surface area contributed by atoms with E-state index in [1.54, 1.807) is 30.2 Å². The van der Waals surface area contributed by atoms with Crippen LogP contribution >= 0.6 is 0 Å². The number of nitrogens with zero attached hydrogens (tertiary/aromatic N) is 4. The topological polar surface area (TPSA) is 69.3 Å². The summed E-state index contributed by atoms with van der Waals surface area (Å²) in [6.45, 7) is 1.95. The van der Waals surface area contributed by atoms with E-state index in [0.29, 0.717) is 11.4 Å². The highest BCUT2D eigenvalue weighted by molar-refractivity contribution is 7.89. The van der Waals surface area contributed by atoms with Gasteiger partial charge >= 0.3 is 0 Å². The Bertz CT molecular complexity index is 893. The molecule has 3 heterocycles. The van der Waals surface area contributed by atoms with Crippen molar-refractivity contribution in [3.05, 3.63) is 53.7 Å². The summed E-state index contributed by atoms with van der Waals surface area (Å²) < 4.78 is 28.0. The van der Waals surface area contributed by atoms with E-state index < -0.39 is 9.84 Å². The van der Waals surface area contributed by atoms with Gasteiger partial charge in [0, 0.05) is 25.6 Å². The minimum atomic E-state index is -3.28. The van der Waals surface area contributed by atoms with Crippen molar-refractivity contribution in [2.24, 2.45) is 7.05 Å². The molecule has 0 saturated heterocycles. The summed E-state index contributed by atoms with van der Waals surface area (Å²) in [5, 5.41) is 3.99. The highest BCUT2D eigenvalue weighted by atomic mass is 32.2. The molecular weight excluding hydrogens is 288 g/mol. The normalized spacial score (nSPS) is 12.1. The molecule has 7 heteroatoms. The van der Waals surface area contributed by atoms with Crippen LogP contribution in [0.5, 0.6) is 0 Å². The van der Waals surface area contributed by atoms with Crippen LogP contribution in [0.25, 0.3) is 5.65 Å². The lowest BCUT2D eigenvalue weighted by atomic mass is 10.3. The van der Waals surface area contributed by atoms with Crippen LogP contribution in [0.4, 0.5) is 0 Å². The highest BCUT2D eigenvalue weighted by Gasteiger charge is 2.17. The lowest BCUT2D eigenvalue weighted by Crippen LogP contribution is -2.11. The molecule has 0 aliphatic carbocycles. The molecular formula is C14H16N4O2S. The van der Waals surface area contributed by atoms with Crippen molar-refractivity contribution in [2.45, 2.75) is 18.4 Å². The molecule has 0 aromatic carbocycles. The highest BCUT2D eigenvalue weighted by Crippen LogP contribution is 2.14. The van der Waals surface area contributed by atoms with Gasteiger partial charge in [-0.15, -0.1) is 0 Å². The standard InChI is InChI=1S/C14H16N4O2S/c1-11-4-3-7-18-8-12(16-14(11)18)9-21(19,20)10-13-5-6-15-17(13)2/h3-8H,9-10H2,1-2H3. The summed E-state index contributed by atoms with van der Waals surface area (Å²) >= 11 is 0. The molecule has 3 aromatic heterocycles. The van der Waals surface area contributed by atoms with Crippen LogP contribution in [0.2, 0.25) is 0 Å². The predicted molar refractivity (Wildman–Crippen MR) is 79.5 cm³/mol. The third-order valence-corrected chi connectivity index (χ3v) is 4.86. The lowest BCUT2D eigenvalue weighted by molar-refractivity contribution is 0.590. The molecule has 0 fully saturated rings. The minimum Gasteiger partial charge on any atom is -0.307 e. The molecule has 0 amide bonds. The van der Waals surface area contributed by atoms with Crippen molar-refractivity contribution >= 4 is 15.5 Å². The second-order valence-electron chi connectivity index (χ2n) is 5.13. The number of hydrogen-bond acceptors (Lipinski definition) is 4. The zero-order valence-corrected chi connectivity index (χ0v) is 12.7. The molecule has 0 bridgehead atoms. The lowest BCUT2D eigenvalue weighted by Gasteiger charge is -2.02. The molecule has 0 atom stereocenters. The molecule has 0 spiro atoms. The first-order valence-electron chi connectivity index (χ1n) is 6.55. The van der Waals surface area contributed by atoms with Crippen LogP contribution in [-0.4, -0.2) is 27.6 Å². The zero-order valence-electron chi connectivity index (χ0n) is 11.9. The molecule has 0 radical (unpaired) electrons. The zero-order chi connectivity index (χ0) is 15.0. The van der Waals surface area contributed by atoms with Gasteiger partial charge in [-0.3, -0.25) is 4.68 Å². The second-order valence-corrected chi connectivity index (χ2v) is 7.20.